The Morgan fingerprint density at radius 3 is 2.70 bits per heavy atom. The zero-order chi connectivity index (χ0) is 14.7. The molecule has 0 atom stereocenters. The summed E-state index contributed by atoms with van der Waals surface area (Å²) in [6.45, 7) is 0. The first kappa shape index (κ1) is 14.4. The highest BCUT2D eigenvalue weighted by Crippen LogP contribution is 2.36. The molecule has 1 N–H and O–H groups in total. The third-order valence-corrected chi connectivity index (χ3v) is 4.40. The lowest BCUT2D eigenvalue weighted by atomic mass is 10.3. The Kier molecular flexibility index (Phi) is 4.26. The lowest BCUT2D eigenvalue weighted by molar-refractivity contribution is -0.385. The summed E-state index contributed by atoms with van der Waals surface area (Å²) < 4.78 is 4.98. The largest absolute Gasteiger partial charge is 0.490 e. The highest BCUT2D eigenvalue weighted by molar-refractivity contribution is 7.99. The molecule has 1 heterocycles. The van der Waals surface area contributed by atoms with Crippen molar-refractivity contribution in [3.05, 3.63) is 44.6 Å². The third-order valence-electron chi connectivity index (χ3n) is 2.37. The van der Waals surface area contributed by atoms with Crippen LogP contribution in [-0.2, 0) is 0 Å². The van der Waals surface area contributed by atoms with Crippen LogP contribution in [0.5, 0.6) is 5.75 Å². The van der Waals surface area contributed by atoms with Crippen molar-refractivity contribution in [3.8, 4) is 5.75 Å². The lowest BCUT2D eigenvalue weighted by Gasteiger charge is -2.04. The average Bonchev–Trinajstić information content (AvgIpc) is 2.87. The van der Waals surface area contributed by atoms with E-state index >= 15 is 0 Å². The van der Waals surface area contributed by atoms with Crippen LogP contribution in [0.15, 0.2) is 39.4 Å². The third kappa shape index (κ3) is 3.09. The number of hydrogen-bond donors (Lipinski definition) is 1. The van der Waals surface area contributed by atoms with E-state index in [9.17, 15) is 14.9 Å². The van der Waals surface area contributed by atoms with Crippen LogP contribution >= 0.6 is 23.1 Å². The number of methoxy groups -OCH3 is 1. The number of hydrogen-bond acceptors (Lipinski definition) is 6. The topological polar surface area (TPSA) is 89.7 Å². The Balaban J connectivity index is 2.25. The maximum atomic E-state index is 10.8. The van der Waals surface area contributed by atoms with E-state index in [4.69, 9.17) is 9.84 Å². The van der Waals surface area contributed by atoms with Gasteiger partial charge in [-0.3, -0.25) is 10.1 Å². The van der Waals surface area contributed by atoms with E-state index in [0.29, 0.717) is 0 Å². The normalized spacial score (nSPS) is 10.2. The van der Waals surface area contributed by atoms with Crippen LogP contribution in [0.1, 0.15) is 9.67 Å². The van der Waals surface area contributed by atoms with E-state index in [-0.39, 0.29) is 16.3 Å². The van der Waals surface area contributed by atoms with Gasteiger partial charge in [-0.15, -0.1) is 11.3 Å². The molecule has 0 aliphatic heterocycles. The molecule has 0 saturated heterocycles. The molecule has 2 rings (SSSR count). The van der Waals surface area contributed by atoms with Gasteiger partial charge in [-0.05, 0) is 12.1 Å². The van der Waals surface area contributed by atoms with E-state index in [1.807, 2.05) is 0 Å². The molecule has 1 aromatic heterocycles. The number of carboxylic acid groups (broad SMARTS) is 1. The van der Waals surface area contributed by atoms with Crippen LogP contribution in [0.3, 0.4) is 0 Å². The van der Waals surface area contributed by atoms with Crippen LogP contribution in [0.2, 0.25) is 0 Å². The van der Waals surface area contributed by atoms with Crippen LogP contribution in [0, 0.1) is 10.1 Å². The summed E-state index contributed by atoms with van der Waals surface area (Å²) in [5.41, 5.74) is -0.103. The molecule has 20 heavy (non-hydrogen) atoms. The van der Waals surface area contributed by atoms with Crippen LogP contribution in [0.25, 0.3) is 0 Å². The summed E-state index contributed by atoms with van der Waals surface area (Å²) in [4.78, 5) is 22.8. The fraction of sp³-hybridized carbons (Fsp3) is 0.0833. The van der Waals surface area contributed by atoms with Gasteiger partial charge >= 0.3 is 11.7 Å². The van der Waals surface area contributed by atoms with Crippen molar-refractivity contribution >= 4 is 34.8 Å². The summed E-state index contributed by atoms with van der Waals surface area (Å²) in [6.07, 6.45) is 0. The monoisotopic (exact) mass is 311 g/mol. The molecule has 0 amide bonds. The maximum absolute atomic E-state index is 10.8. The molecule has 6 nitrogen and oxygen atoms in total. The van der Waals surface area contributed by atoms with E-state index in [1.54, 1.807) is 23.6 Å². The fourth-order valence-corrected chi connectivity index (χ4v) is 3.26. The number of nitrogens with zero attached hydrogens (tertiary/aromatic N) is 1. The SMILES string of the molecule is COc1cc(Sc2csc(C(=O)O)c2)ccc1[N+](=O)[O-]. The van der Waals surface area contributed by atoms with Crippen LogP contribution < -0.4 is 4.74 Å². The smallest absolute Gasteiger partial charge is 0.345 e. The lowest BCUT2D eigenvalue weighted by Crippen LogP contribution is -1.93. The number of ether oxygens (including phenoxy) is 1. The zero-order valence-corrected chi connectivity index (χ0v) is 11.9. The number of benzene rings is 1. The second-order valence-corrected chi connectivity index (χ2v) is 5.70. The zero-order valence-electron chi connectivity index (χ0n) is 10.2. The summed E-state index contributed by atoms with van der Waals surface area (Å²) in [7, 11) is 1.36. The minimum Gasteiger partial charge on any atom is -0.490 e. The van der Waals surface area contributed by atoms with Gasteiger partial charge in [0.05, 0.1) is 12.0 Å². The molecule has 0 unspecified atom stereocenters. The van der Waals surface area contributed by atoms with Crippen molar-refractivity contribution in [2.45, 2.75) is 9.79 Å². The van der Waals surface area contributed by atoms with Gasteiger partial charge in [-0.25, -0.2) is 4.79 Å². The molecule has 1 aromatic carbocycles. The number of nitro groups is 1. The summed E-state index contributed by atoms with van der Waals surface area (Å²) in [6, 6.07) is 6.08. The van der Waals surface area contributed by atoms with Gasteiger partial charge in [0, 0.05) is 27.3 Å². The van der Waals surface area contributed by atoms with Gasteiger partial charge in [0.25, 0.3) is 0 Å². The molecule has 104 valence electrons. The van der Waals surface area contributed by atoms with E-state index in [0.717, 1.165) is 21.1 Å². The van der Waals surface area contributed by atoms with E-state index in [2.05, 4.69) is 0 Å². The molecule has 0 bridgehead atoms. The van der Waals surface area contributed by atoms with E-state index < -0.39 is 10.9 Å². The first-order chi connectivity index (χ1) is 9.51. The standard InChI is InChI=1S/C12H9NO5S2/c1-18-10-4-7(2-3-9(10)13(16)17)20-8-5-11(12(14)15)19-6-8/h2-6H,1H3,(H,14,15). The van der Waals surface area contributed by atoms with Crippen molar-refractivity contribution < 1.29 is 19.6 Å². The van der Waals surface area contributed by atoms with Crippen molar-refractivity contribution in [1.82, 2.24) is 0 Å². The minimum absolute atomic E-state index is 0.103. The summed E-state index contributed by atoms with van der Waals surface area (Å²) >= 11 is 2.46. The number of thiophene rings is 1. The Morgan fingerprint density at radius 2 is 2.15 bits per heavy atom. The highest BCUT2D eigenvalue weighted by Gasteiger charge is 2.15. The maximum Gasteiger partial charge on any atom is 0.345 e. The second-order valence-electron chi connectivity index (χ2n) is 3.64. The molecule has 0 spiro atoms. The predicted octanol–water partition coefficient (Wildman–Crippen LogP) is 3.51. The molecule has 8 heteroatoms. The number of carboxylic acids is 1. The Labute approximate surface area is 122 Å². The molecule has 2 aromatic rings. The Hall–Kier alpha value is -2.06. The Bertz CT molecular complexity index is 668. The molecule has 0 radical (unpaired) electrons. The molecule has 0 aliphatic carbocycles. The number of aromatic carboxylic acids is 1. The summed E-state index contributed by atoms with van der Waals surface area (Å²) in [5, 5.41) is 21.4. The summed E-state index contributed by atoms with van der Waals surface area (Å²) in [5.74, 6) is -0.795. The number of carbonyl (C=O) groups is 1. The molecule has 0 aliphatic rings. The first-order valence-electron chi connectivity index (χ1n) is 5.33. The van der Waals surface area contributed by atoms with Gasteiger partial charge in [0.15, 0.2) is 5.75 Å². The van der Waals surface area contributed by atoms with Crippen molar-refractivity contribution in [2.24, 2.45) is 0 Å². The molecule has 0 saturated carbocycles. The van der Waals surface area contributed by atoms with Crippen molar-refractivity contribution in [3.63, 3.8) is 0 Å². The van der Waals surface area contributed by atoms with Crippen LogP contribution in [-0.4, -0.2) is 23.1 Å². The second kappa shape index (κ2) is 5.93. The quantitative estimate of drug-likeness (QED) is 0.671. The van der Waals surface area contributed by atoms with Gasteiger partial charge in [-0.2, -0.15) is 0 Å². The predicted molar refractivity (Wildman–Crippen MR) is 75.0 cm³/mol. The number of rotatable bonds is 5. The molecular formula is C12H9NO5S2. The fourth-order valence-electron chi connectivity index (χ4n) is 1.49. The first-order valence-corrected chi connectivity index (χ1v) is 7.03. The molecule has 0 fully saturated rings. The van der Waals surface area contributed by atoms with Crippen LogP contribution in [0.4, 0.5) is 5.69 Å². The Morgan fingerprint density at radius 1 is 1.40 bits per heavy atom. The molecular weight excluding hydrogens is 302 g/mol. The average molecular weight is 311 g/mol. The van der Waals surface area contributed by atoms with E-state index in [1.165, 1.54) is 24.9 Å². The van der Waals surface area contributed by atoms with Gasteiger partial charge in [0.1, 0.15) is 4.88 Å². The van der Waals surface area contributed by atoms with Gasteiger partial charge < -0.3 is 9.84 Å². The highest BCUT2D eigenvalue weighted by atomic mass is 32.2. The number of nitro benzene ring substituents is 1. The van der Waals surface area contributed by atoms with Gasteiger partial charge in [0.2, 0.25) is 0 Å². The van der Waals surface area contributed by atoms with Gasteiger partial charge in [-0.1, -0.05) is 11.8 Å². The van der Waals surface area contributed by atoms with Crippen molar-refractivity contribution in [1.29, 1.82) is 0 Å². The minimum atomic E-state index is -0.969. The van der Waals surface area contributed by atoms with Crippen molar-refractivity contribution in [2.75, 3.05) is 7.11 Å².